The lowest BCUT2D eigenvalue weighted by Crippen LogP contribution is -2.32. The molecular formula is C77H99N7O10. The molecular weight excluding hydrogens is 1180 g/mol. The van der Waals surface area contributed by atoms with Crippen LogP contribution >= 0.6 is 0 Å². The second-order valence-corrected chi connectivity index (χ2v) is 24.2. The number of hydrogen-bond acceptors (Lipinski definition) is 11. The summed E-state index contributed by atoms with van der Waals surface area (Å²) >= 11 is 0. The highest BCUT2D eigenvalue weighted by Gasteiger charge is 2.32. The quantitative estimate of drug-likeness (QED) is 0.0107. The number of fused-ring (bicyclic) bond motifs is 9. The molecule has 0 bridgehead atoms. The number of rotatable bonds is 34. The van der Waals surface area contributed by atoms with E-state index in [1.165, 1.54) is 79.6 Å². The van der Waals surface area contributed by atoms with Crippen molar-refractivity contribution in [2.24, 2.45) is 11.5 Å². The molecule has 0 saturated heterocycles. The third kappa shape index (κ3) is 24.2. The van der Waals surface area contributed by atoms with Crippen molar-refractivity contribution < 1.29 is 49.5 Å². The van der Waals surface area contributed by atoms with Crippen molar-refractivity contribution in [2.45, 2.75) is 159 Å². The third-order valence-corrected chi connectivity index (χ3v) is 17.0. The Bertz CT molecular complexity index is 3270. The first-order valence-corrected chi connectivity index (χ1v) is 33.6. The summed E-state index contributed by atoms with van der Waals surface area (Å²) < 4.78 is 22.4. The van der Waals surface area contributed by atoms with Crippen molar-refractivity contribution in [3.63, 3.8) is 0 Å². The first-order chi connectivity index (χ1) is 46.2. The normalized spacial score (nSPS) is 12.7. The summed E-state index contributed by atoms with van der Waals surface area (Å²) in [6.45, 7) is 7.86. The number of unbranched alkanes of at least 4 members (excludes halogenated alkanes) is 8. The highest BCUT2D eigenvalue weighted by atomic mass is 16.6. The number of carbonyl (C=O) groups is 6. The van der Waals surface area contributed by atoms with Gasteiger partial charge < -0.3 is 57.4 Å². The fourth-order valence-corrected chi connectivity index (χ4v) is 12.2. The van der Waals surface area contributed by atoms with Gasteiger partial charge >= 0.3 is 24.2 Å². The SMILES string of the molecule is CC(CCCCNC(=O)CCCCCNC(=O)OCC1c2ccccc2-c2ccccc21)NC(=O)CCCCCNC(=O)OCC1c2ccccc2-c2ccccc21.CC(N)CCCCN.O=C(O)CCCCCNC(=O)OCC1c2ccccc2-c2ccccc21.[2H]C#C. The average molecular weight is 1280 g/mol. The number of amides is 5. The molecule has 2 atom stereocenters. The number of aliphatic carboxylic acids is 1. The minimum absolute atomic E-state index is 0.0367. The summed E-state index contributed by atoms with van der Waals surface area (Å²) in [5.74, 6) is -0.568. The molecule has 2 unspecified atom stereocenters. The molecule has 0 saturated carbocycles. The molecule has 17 nitrogen and oxygen atoms in total. The van der Waals surface area contributed by atoms with Crippen molar-refractivity contribution in [1.29, 1.82) is 0 Å². The van der Waals surface area contributed by atoms with Crippen LogP contribution < -0.4 is 38.1 Å². The van der Waals surface area contributed by atoms with Crippen molar-refractivity contribution in [1.82, 2.24) is 26.6 Å². The summed E-state index contributed by atoms with van der Waals surface area (Å²) in [5.41, 5.74) is 25.1. The predicted octanol–water partition coefficient (Wildman–Crippen LogP) is 13.9. The van der Waals surface area contributed by atoms with Crippen LogP contribution in [0.1, 0.15) is 182 Å². The minimum Gasteiger partial charge on any atom is -0.481 e. The van der Waals surface area contributed by atoms with Crippen LogP contribution in [0.15, 0.2) is 146 Å². The maximum absolute atomic E-state index is 12.4. The number of ether oxygens (including phenoxy) is 3. The third-order valence-electron chi connectivity index (χ3n) is 17.0. The molecule has 0 aromatic heterocycles. The van der Waals surface area contributed by atoms with E-state index in [0.29, 0.717) is 71.3 Å². The molecule has 0 spiro atoms. The smallest absolute Gasteiger partial charge is 0.407 e. The largest absolute Gasteiger partial charge is 0.481 e. The van der Waals surface area contributed by atoms with E-state index in [1.807, 2.05) is 86.6 Å². The first-order valence-electron chi connectivity index (χ1n) is 34.1. The Balaban J connectivity index is 0.000000316. The maximum Gasteiger partial charge on any atom is 0.407 e. The lowest BCUT2D eigenvalue weighted by Gasteiger charge is -2.15. The summed E-state index contributed by atoms with van der Waals surface area (Å²) in [6.07, 6.45) is 18.5. The van der Waals surface area contributed by atoms with Gasteiger partial charge in [-0.05, 0) is 158 Å². The zero-order valence-corrected chi connectivity index (χ0v) is 55.0. The van der Waals surface area contributed by atoms with Crippen LogP contribution in [0.4, 0.5) is 14.4 Å². The number of alkyl carbamates (subject to hydrolysis) is 3. The van der Waals surface area contributed by atoms with Gasteiger partial charge in [0.05, 0.1) is 0 Å². The van der Waals surface area contributed by atoms with Gasteiger partial charge in [-0.25, -0.2) is 14.4 Å². The Labute approximate surface area is 558 Å². The molecule has 0 heterocycles. The molecule has 6 aromatic rings. The van der Waals surface area contributed by atoms with Crippen LogP contribution in [0.3, 0.4) is 0 Å². The molecule has 94 heavy (non-hydrogen) atoms. The zero-order valence-electron chi connectivity index (χ0n) is 56.0. The van der Waals surface area contributed by atoms with Gasteiger partial charge in [0.25, 0.3) is 0 Å². The molecule has 3 aliphatic carbocycles. The van der Waals surface area contributed by atoms with E-state index in [0.717, 1.165) is 90.0 Å². The number of hydrogen-bond donors (Lipinski definition) is 8. The lowest BCUT2D eigenvalue weighted by molar-refractivity contribution is -0.137. The highest BCUT2D eigenvalue weighted by molar-refractivity contribution is 5.82. The fourth-order valence-electron chi connectivity index (χ4n) is 12.2. The van der Waals surface area contributed by atoms with Gasteiger partial charge in [0, 0.05) is 75.3 Å². The van der Waals surface area contributed by atoms with Crippen molar-refractivity contribution in [3.8, 4) is 46.2 Å². The van der Waals surface area contributed by atoms with Crippen LogP contribution in [-0.2, 0) is 28.6 Å². The first kappa shape index (κ1) is 72.4. The number of benzene rings is 6. The van der Waals surface area contributed by atoms with Crippen LogP contribution in [-0.4, -0.2) is 106 Å². The van der Waals surface area contributed by atoms with Gasteiger partial charge in [-0.1, -0.05) is 171 Å². The van der Waals surface area contributed by atoms with Crippen LogP contribution in [0.5, 0.6) is 0 Å². The van der Waals surface area contributed by atoms with Crippen molar-refractivity contribution in [3.05, 3.63) is 179 Å². The van der Waals surface area contributed by atoms with E-state index in [4.69, 9.17) is 32.2 Å². The van der Waals surface area contributed by atoms with Crippen LogP contribution in [0.25, 0.3) is 33.4 Å². The molecule has 502 valence electrons. The van der Waals surface area contributed by atoms with E-state index in [9.17, 15) is 28.8 Å². The Morgan fingerprint density at radius 1 is 0.436 bits per heavy atom. The molecule has 3 aliphatic rings. The van der Waals surface area contributed by atoms with E-state index < -0.39 is 24.2 Å². The second kappa shape index (κ2) is 41.6. The summed E-state index contributed by atoms with van der Waals surface area (Å²) in [6, 6.07) is 50.0. The van der Waals surface area contributed by atoms with Gasteiger partial charge in [0.2, 0.25) is 11.8 Å². The van der Waals surface area contributed by atoms with Gasteiger partial charge in [0.15, 0.2) is 0 Å². The maximum atomic E-state index is 12.4. The van der Waals surface area contributed by atoms with E-state index in [2.05, 4.69) is 106 Å². The summed E-state index contributed by atoms with van der Waals surface area (Å²) in [5, 5.41) is 23.1. The highest BCUT2D eigenvalue weighted by Crippen LogP contribution is 2.47. The minimum atomic E-state index is -0.783. The topological polar surface area (TPSA) is 263 Å². The number of terminal acetylenes is 1. The Hall–Kier alpha value is -8.98. The molecule has 5 amide bonds. The Kier molecular flexibility index (Phi) is 32.0. The van der Waals surface area contributed by atoms with Gasteiger partial charge in [-0.15, -0.1) is 12.8 Å². The lowest BCUT2D eigenvalue weighted by atomic mass is 9.98. The molecule has 0 radical (unpaired) electrons. The number of nitrogens with two attached hydrogens (primary N) is 2. The average Bonchev–Trinajstić information content (AvgIpc) is 1.64. The molecule has 17 heteroatoms. The summed E-state index contributed by atoms with van der Waals surface area (Å²) in [7, 11) is 0. The molecule has 0 aliphatic heterocycles. The Morgan fingerprint density at radius 2 is 0.734 bits per heavy atom. The molecule has 9 rings (SSSR count). The predicted molar refractivity (Wildman–Crippen MR) is 373 cm³/mol. The number of carboxylic acids is 1. The van der Waals surface area contributed by atoms with E-state index in [-0.39, 0.29) is 42.0 Å². The number of carboxylic acid groups (broad SMARTS) is 1. The summed E-state index contributed by atoms with van der Waals surface area (Å²) in [4.78, 5) is 71.9. The van der Waals surface area contributed by atoms with Crippen molar-refractivity contribution >= 4 is 36.1 Å². The standard InChI is InChI=1S/C48H58N4O6.C21H23NO4.C6H16N2.C2H2/c1-34(52-46(54)28-5-3-16-31-51-48(56)58-33-44-41-25-12-8-21-37(41)38-22-9-13-26-42(38)44)18-14-17-29-49-45(53)27-4-2-15-30-50-47(55)57-32-43-39-23-10-6-19-35(39)36-20-7-11-24-40(36)43;23-20(24)12-2-1-7-13-22-21(25)26-14-19-17-10-5-3-8-15(17)16-9-4-6-11-18(16)19;1-6(8)4-2-3-5-7;1-2/h6-13,19-26,34,43-44H,2-5,14-18,27-33H2,1H3,(H,49,53)(H,50,55)(H,51,56)(H,52,54);3-6,8-11,19H,1-2,7,12-14H2,(H,22,25)(H,23,24);6H,2-5,7-8H2,1H3;1-2H/i;;;1D. The van der Waals surface area contributed by atoms with Crippen LogP contribution in [0, 0.1) is 12.8 Å². The van der Waals surface area contributed by atoms with E-state index >= 15 is 0 Å². The fraction of sp³-hybridized carbons (Fsp3) is 0.429. The van der Waals surface area contributed by atoms with Gasteiger partial charge in [-0.3, -0.25) is 14.4 Å². The molecule has 10 N–H and O–H groups in total. The molecule has 0 fully saturated rings. The van der Waals surface area contributed by atoms with Gasteiger partial charge in [-0.2, -0.15) is 0 Å². The Morgan fingerprint density at radius 3 is 1.06 bits per heavy atom. The zero-order chi connectivity index (χ0) is 68.0. The molecule has 6 aromatic carbocycles. The second-order valence-electron chi connectivity index (χ2n) is 24.2. The van der Waals surface area contributed by atoms with Crippen LogP contribution in [0.2, 0.25) is 0 Å². The number of nitrogens with one attached hydrogen (secondary N) is 5. The van der Waals surface area contributed by atoms with E-state index in [1.54, 1.807) is 0 Å². The van der Waals surface area contributed by atoms with Crippen molar-refractivity contribution in [2.75, 3.05) is 52.5 Å². The monoisotopic (exact) mass is 1280 g/mol. The van der Waals surface area contributed by atoms with Gasteiger partial charge in [0.1, 0.15) is 21.2 Å². The number of carbonyl (C=O) groups excluding carboxylic acids is 5.